The first-order valence-corrected chi connectivity index (χ1v) is 27.4. The summed E-state index contributed by atoms with van der Waals surface area (Å²) in [6.45, 7) is 0. The summed E-state index contributed by atoms with van der Waals surface area (Å²) in [4.78, 5) is 0. The summed E-state index contributed by atoms with van der Waals surface area (Å²) in [6.07, 6.45) is 0. The zero-order valence-electron chi connectivity index (χ0n) is 22.4. The van der Waals surface area contributed by atoms with Crippen LogP contribution >= 0.6 is 18.8 Å². The molecule has 0 saturated heterocycles. The summed E-state index contributed by atoms with van der Waals surface area (Å²) < 4.78 is 9.18. The minimum atomic E-state index is -1.98. The molecule has 0 fully saturated rings. The Bertz CT molecular complexity index is 1200. The van der Waals surface area contributed by atoms with Gasteiger partial charge in [-0.1, -0.05) is 0 Å². The molecule has 41 heavy (non-hydrogen) atoms. The fourth-order valence-corrected chi connectivity index (χ4v) is 19.3. The van der Waals surface area contributed by atoms with Gasteiger partial charge in [0, 0.05) is 0 Å². The third-order valence-corrected chi connectivity index (χ3v) is 22.0. The first-order valence-electron chi connectivity index (χ1n) is 13.2. The van der Waals surface area contributed by atoms with Crippen LogP contribution in [-0.2, 0) is 16.5 Å². The van der Waals surface area contributed by atoms with E-state index in [9.17, 15) is 0 Å². The van der Waals surface area contributed by atoms with Gasteiger partial charge in [0.05, 0.1) is 0 Å². The molecule has 0 bridgehead atoms. The maximum atomic E-state index is 4.88. The predicted octanol–water partition coefficient (Wildman–Crippen LogP) is 5.25. The van der Waals surface area contributed by atoms with Crippen LogP contribution in [0.2, 0.25) is 0 Å². The maximum absolute atomic E-state index is 4.88. The molecule has 210 valence electrons. The Morgan fingerprint density at radius 2 is 0.390 bits per heavy atom. The molecule has 0 aromatic heterocycles. The Morgan fingerprint density at radius 1 is 0.268 bits per heavy atom. The van der Waals surface area contributed by atoms with Gasteiger partial charge in [0.2, 0.25) is 0 Å². The molecule has 0 amide bonds. The average Bonchev–Trinajstić information content (AvgIpc) is 3.05. The third kappa shape index (κ3) is 10.2. The molecule has 6 aromatic rings. The van der Waals surface area contributed by atoms with E-state index in [4.69, 9.17) is 18.8 Å². The van der Waals surface area contributed by atoms with Gasteiger partial charge in [-0.25, -0.2) is 0 Å². The van der Waals surface area contributed by atoms with E-state index in [1.54, 1.807) is 0 Å². The fourth-order valence-electron chi connectivity index (χ4n) is 4.63. The second-order valence-electron chi connectivity index (χ2n) is 8.99. The van der Waals surface area contributed by atoms with Crippen LogP contribution in [0.1, 0.15) is 0 Å². The summed E-state index contributed by atoms with van der Waals surface area (Å²) in [5.74, 6) is 0. The summed E-state index contributed by atoms with van der Waals surface area (Å²) in [7, 11) is 9.75. The average molecular weight is 974 g/mol. The van der Waals surface area contributed by atoms with E-state index in [2.05, 4.69) is 182 Å². The molecule has 0 heterocycles. The van der Waals surface area contributed by atoms with Crippen molar-refractivity contribution in [1.82, 2.24) is 0 Å². The normalized spacial score (nSPS) is 10.3. The summed E-state index contributed by atoms with van der Waals surface area (Å²) >= 11 is -4.44. The molecule has 0 spiro atoms. The molecule has 0 nitrogen and oxygen atoms in total. The Balaban J connectivity index is 0.000000173. The van der Waals surface area contributed by atoms with Gasteiger partial charge in [-0.15, -0.1) is 0 Å². The standard InChI is InChI=1S/6C6H5.2ClH.Pt.2Sb.2H/c6*1-2-4-6-5-3-1;;;;;;;/h6*1-5H;2*1H;;;;;/q;;;;;;;;+2;;;;/p-2. The molecular weight excluding hydrogens is 942 g/mol. The van der Waals surface area contributed by atoms with Crippen LogP contribution in [0, 0.1) is 0 Å². The number of hydrogen-bond donors (Lipinski definition) is 0. The quantitative estimate of drug-likeness (QED) is 0.201. The monoisotopic (exact) mass is 971 g/mol. The fraction of sp³-hybridized carbons (Fsp3) is 0. The Hall–Kier alpha value is -1.78. The molecule has 0 atom stereocenters. The van der Waals surface area contributed by atoms with Crippen molar-refractivity contribution in [2.45, 2.75) is 0 Å². The van der Waals surface area contributed by atoms with Crippen molar-refractivity contribution in [3.8, 4) is 0 Å². The van der Waals surface area contributed by atoms with Gasteiger partial charge >= 0.3 is 279 Å². The molecule has 0 aliphatic carbocycles. The molecule has 5 heteroatoms. The summed E-state index contributed by atoms with van der Waals surface area (Å²) in [5, 5.41) is 0. The van der Waals surface area contributed by atoms with E-state index < -0.39 is 56.9 Å². The molecule has 6 aromatic carbocycles. The van der Waals surface area contributed by atoms with E-state index in [0.29, 0.717) is 0 Å². The SMILES string of the molecule is [Cl][Pt][Cl].c1cc[c]([SbH]([c]2ccccc2)[c]2ccccc2)cc1.c1cc[c]([SbH]([c]2ccccc2)[c]2ccccc2)cc1. The molecule has 0 N–H and O–H groups in total. The van der Waals surface area contributed by atoms with Crippen LogP contribution in [0.4, 0.5) is 0 Å². The summed E-state index contributed by atoms with van der Waals surface area (Å²) in [5.41, 5.74) is 0. The second kappa shape index (κ2) is 18.7. The van der Waals surface area contributed by atoms with E-state index in [1.807, 2.05) is 0 Å². The molecule has 6 rings (SSSR count). The first kappa shape index (κ1) is 32.1. The van der Waals surface area contributed by atoms with Gasteiger partial charge in [-0.05, 0) is 0 Å². The topological polar surface area (TPSA) is 0 Å². The minimum absolute atomic E-state index is 0.472. The number of benzene rings is 6. The van der Waals surface area contributed by atoms with Crippen molar-refractivity contribution in [1.29, 1.82) is 0 Å². The number of hydrogen-bond acceptors (Lipinski definition) is 0. The number of rotatable bonds is 6. The Morgan fingerprint density at radius 3 is 0.512 bits per heavy atom. The zero-order valence-corrected chi connectivity index (χ0v) is 31.9. The molecule has 0 aliphatic heterocycles. The third-order valence-electron chi connectivity index (χ3n) is 6.37. The van der Waals surface area contributed by atoms with Crippen LogP contribution in [-0.4, -0.2) is 40.4 Å². The van der Waals surface area contributed by atoms with Crippen LogP contribution < -0.4 is 21.1 Å². The van der Waals surface area contributed by atoms with E-state index in [-0.39, 0.29) is 0 Å². The van der Waals surface area contributed by atoms with Gasteiger partial charge in [-0.3, -0.25) is 0 Å². The zero-order chi connectivity index (χ0) is 28.5. The summed E-state index contributed by atoms with van der Waals surface area (Å²) in [6, 6.07) is 65.9. The Kier molecular flexibility index (Phi) is 14.7. The first-order chi connectivity index (χ1) is 20.3. The van der Waals surface area contributed by atoms with E-state index in [0.717, 1.165) is 0 Å². The van der Waals surface area contributed by atoms with Crippen LogP contribution in [0.5, 0.6) is 0 Å². The van der Waals surface area contributed by atoms with Crippen molar-refractivity contribution in [3.05, 3.63) is 182 Å². The van der Waals surface area contributed by atoms with Crippen molar-refractivity contribution < 1.29 is 16.5 Å². The van der Waals surface area contributed by atoms with E-state index >= 15 is 0 Å². The Labute approximate surface area is 275 Å². The molecule has 0 aliphatic rings. The van der Waals surface area contributed by atoms with Gasteiger partial charge < -0.3 is 0 Å². The second-order valence-corrected chi connectivity index (χ2v) is 26.4. The van der Waals surface area contributed by atoms with Gasteiger partial charge in [0.15, 0.2) is 0 Å². The van der Waals surface area contributed by atoms with Gasteiger partial charge in [0.25, 0.3) is 0 Å². The predicted molar refractivity (Wildman–Crippen MR) is 182 cm³/mol. The van der Waals surface area contributed by atoms with Gasteiger partial charge in [0.1, 0.15) is 0 Å². The van der Waals surface area contributed by atoms with Crippen LogP contribution in [0.25, 0.3) is 0 Å². The molecule has 2 radical (unpaired) electrons. The van der Waals surface area contributed by atoms with Crippen LogP contribution in [0.3, 0.4) is 0 Å². The molecular formula is C36H32Cl2PtSb2. The van der Waals surface area contributed by atoms with Crippen molar-refractivity contribution in [3.63, 3.8) is 0 Å². The molecule has 0 saturated carbocycles. The van der Waals surface area contributed by atoms with Crippen molar-refractivity contribution in [2.75, 3.05) is 0 Å². The van der Waals surface area contributed by atoms with Crippen molar-refractivity contribution in [2.24, 2.45) is 0 Å². The number of halogens is 2. The van der Waals surface area contributed by atoms with E-state index in [1.165, 1.54) is 21.1 Å². The molecule has 0 unspecified atom stereocenters. The van der Waals surface area contributed by atoms with Gasteiger partial charge in [-0.2, -0.15) is 0 Å². The van der Waals surface area contributed by atoms with Crippen molar-refractivity contribution >= 4 is 80.3 Å². The van der Waals surface area contributed by atoms with Crippen LogP contribution in [0.15, 0.2) is 182 Å².